The number of para-hydroxylation sites is 1. The molecular weight excluding hydrogens is 256 g/mol. The maximum Gasteiger partial charge on any atom is 0.271 e. The highest BCUT2D eigenvalue weighted by molar-refractivity contribution is 5.96. The third-order valence-electron chi connectivity index (χ3n) is 3.33. The van der Waals surface area contributed by atoms with E-state index in [0.717, 1.165) is 16.3 Å². The summed E-state index contributed by atoms with van der Waals surface area (Å²) in [5, 5.41) is 17.0. The molecule has 0 saturated heterocycles. The second kappa shape index (κ2) is 3.74. The summed E-state index contributed by atoms with van der Waals surface area (Å²) in [6.07, 6.45) is 1.78. The Kier molecular flexibility index (Phi) is 2.03. The zero-order valence-corrected chi connectivity index (χ0v) is 10.2. The van der Waals surface area contributed by atoms with E-state index < -0.39 is 4.92 Å². The van der Waals surface area contributed by atoms with Crippen molar-refractivity contribution in [1.29, 1.82) is 0 Å². The topological polar surface area (TPSA) is 73.3 Å². The lowest BCUT2D eigenvalue weighted by molar-refractivity contribution is -0.384. The van der Waals surface area contributed by atoms with Gasteiger partial charge in [-0.2, -0.15) is 5.10 Å². The van der Waals surface area contributed by atoms with Crippen molar-refractivity contribution < 1.29 is 4.92 Å². The molecule has 6 nitrogen and oxygen atoms in total. The number of hydrogen-bond donors (Lipinski definition) is 0. The monoisotopic (exact) mass is 264 g/mol. The standard InChI is InChI=1S/C14H8N4O2/c19-18(20)10-5-6-11-12(7-10)16-17-13-4-2-1-3-9(13)8-15-14(11)17/h1-8H. The summed E-state index contributed by atoms with van der Waals surface area (Å²) in [6, 6.07) is 12.4. The van der Waals surface area contributed by atoms with E-state index in [1.807, 2.05) is 24.3 Å². The average Bonchev–Trinajstić information content (AvgIpc) is 2.85. The Balaban J connectivity index is 2.17. The van der Waals surface area contributed by atoms with Crippen LogP contribution < -0.4 is 0 Å². The van der Waals surface area contributed by atoms with Gasteiger partial charge in [-0.25, -0.2) is 9.50 Å². The third-order valence-corrected chi connectivity index (χ3v) is 3.33. The van der Waals surface area contributed by atoms with E-state index in [9.17, 15) is 10.1 Å². The summed E-state index contributed by atoms with van der Waals surface area (Å²) in [5.74, 6) is 0. The molecular formula is C14H8N4O2. The molecule has 6 heteroatoms. The maximum atomic E-state index is 10.8. The first-order chi connectivity index (χ1) is 9.74. The number of non-ortho nitro benzene ring substituents is 1. The highest BCUT2D eigenvalue weighted by Gasteiger charge is 2.13. The number of nitro benzene ring substituents is 1. The minimum Gasteiger partial charge on any atom is -0.258 e. The highest BCUT2D eigenvalue weighted by atomic mass is 16.6. The molecule has 0 spiro atoms. The molecule has 0 aliphatic carbocycles. The first kappa shape index (κ1) is 10.9. The summed E-state index contributed by atoms with van der Waals surface area (Å²) in [4.78, 5) is 14.8. The SMILES string of the molecule is O=[N+]([O-])c1ccc2c(c1)nn1c3ccccc3cnc21. The van der Waals surface area contributed by atoms with E-state index in [-0.39, 0.29) is 5.69 Å². The molecule has 0 bridgehead atoms. The van der Waals surface area contributed by atoms with Crippen LogP contribution in [-0.4, -0.2) is 19.5 Å². The molecule has 2 aromatic heterocycles. The minimum absolute atomic E-state index is 0.0326. The Morgan fingerprint density at radius 1 is 1.15 bits per heavy atom. The number of hydrogen-bond acceptors (Lipinski definition) is 4. The van der Waals surface area contributed by atoms with Gasteiger partial charge in [-0.3, -0.25) is 10.1 Å². The van der Waals surface area contributed by atoms with E-state index in [4.69, 9.17) is 0 Å². The smallest absolute Gasteiger partial charge is 0.258 e. The van der Waals surface area contributed by atoms with Gasteiger partial charge in [0.2, 0.25) is 0 Å². The molecule has 4 aromatic rings. The van der Waals surface area contributed by atoms with Crippen molar-refractivity contribution in [1.82, 2.24) is 14.6 Å². The Bertz CT molecular complexity index is 990. The number of aromatic nitrogens is 3. The number of nitrogens with zero attached hydrogens (tertiary/aromatic N) is 4. The lowest BCUT2D eigenvalue weighted by atomic mass is 10.2. The van der Waals surface area contributed by atoms with Gasteiger partial charge in [0.1, 0.15) is 5.52 Å². The molecule has 96 valence electrons. The van der Waals surface area contributed by atoms with Crippen LogP contribution in [0.5, 0.6) is 0 Å². The van der Waals surface area contributed by atoms with Gasteiger partial charge in [0.15, 0.2) is 5.65 Å². The predicted molar refractivity (Wildman–Crippen MR) is 74.7 cm³/mol. The molecule has 2 heterocycles. The van der Waals surface area contributed by atoms with Crippen molar-refractivity contribution >= 4 is 33.1 Å². The van der Waals surface area contributed by atoms with Gasteiger partial charge in [-0.05, 0) is 12.1 Å². The summed E-state index contributed by atoms with van der Waals surface area (Å²) in [7, 11) is 0. The molecule has 4 rings (SSSR count). The molecule has 0 unspecified atom stereocenters. The van der Waals surface area contributed by atoms with Crippen LogP contribution in [0.2, 0.25) is 0 Å². The highest BCUT2D eigenvalue weighted by Crippen LogP contribution is 2.25. The Morgan fingerprint density at radius 2 is 2.00 bits per heavy atom. The van der Waals surface area contributed by atoms with Crippen LogP contribution in [0.25, 0.3) is 27.5 Å². The van der Waals surface area contributed by atoms with Crippen molar-refractivity contribution in [3.8, 4) is 0 Å². The average molecular weight is 264 g/mol. The van der Waals surface area contributed by atoms with Gasteiger partial charge in [0.05, 0.1) is 10.4 Å². The third kappa shape index (κ3) is 1.38. The van der Waals surface area contributed by atoms with Crippen LogP contribution in [0.1, 0.15) is 0 Å². The van der Waals surface area contributed by atoms with Gasteiger partial charge < -0.3 is 0 Å². The van der Waals surface area contributed by atoms with Crippen molar-refractivity contribution in [3.63, 3.8) is 0 Å². The van der Waals surface area contributed by atoms with Gasteiger partial charge in [0, 0.05) is 29.1 Å². The fourth-order valence-corrected chi connectivity index (χ4v) is 2.39. The van der Waals surface area contributed by atoms with Crippen LogP contribution >= 0.6 is 0 Å². The molecule has 20 heavy (non-hydrogen) atoms. The first-order valence-electron chi connectivity index (χ1n) is 6.05. The minimum atomic E-state index is -0.422. The number of benzene rings is 2. The summed E-state index contributed by atoms with van der Waals surface area (Å²) < 4.78 is 1.73. The predicted octanol–water partition coefficient (Wildman–Crippen LogP) is 2.94. The Morgan fingerprint density at radius 3 is 2.85 bits per heavy atom. The molecule has 2 aromatic carbocycles. The van der Waals surface area contributed by atoms with Crippen LogP contribution in [0.4, 0.5) is 5.69 Å². The molecule has 0 saturated carbocycles. The van der Waals surface area contributed by atoms with E-state index in [2.05, 4.69) is 10.1 Å². The van der Waals surface area contributed by atoms with Crippen LogP contribution in [0, 0.1) is 10.1 Å². The molecule has 0 fully saturated rings. The van der Waals surface area contributed by atoms with E-state index in [0.29, 0.717) is 11.2 Å². The lowest BCUT2D eigenvalue weighted by Gasteiger charge is -1.99. The number of nitro groups is 1. The molecule has 0 aliphatic heterocycles. The first-order valence-corrected chi connectivity index (χ1v) is 6.05. The van der Waals surface area contributed by atoms with E-state index >= 15 is 0 Å². The lowest BCUT2D eigenvalue weighted by Crippen LogP contribution is -1.91. The molecule has 0 radical (unpaired) electrons. The molecule has 0 aliphatic rings. The zero-order chi connectivity index (χ0) is 13.7. The second-order valence-corrected chi connectivity index (χ2v) is 4.51. The maximum absolute atomic E-state index is 10.8. The van der Waals surface area contributed by atoms with E-state index in [1.54, 1.807) is 16.8 Å². The van der Waals surface area contributed by atoms with E-state index in [1.165, 1.54) is 12.1 Å². The van der Waals surface area contributed by atoms with Crippen LogP contribution in [0.15, 0.2) is 48.7 Å². The fraction of sp³-hybridized carbons (Fsp3) is 0. The van der Waals surface area contributed by atoms with Gasteiger partial charge in [-0.1, -0.05) is 18.2 Å². The zero-order valence-electron chi connectivity index (χ0n) is 10.2. The van der Waals surface area contributed by atoms with Crippen LogP contribution in [-0.2, 0) is 0 Å². The van der Waals surface area contributed by atoms with Crippen molar-refractivity contribution in [2.75, 3.05) is 0 Å². The second-order valence-electron chi connectivity index (χ2n) is 4.51. The fourth-order valence-electron chi connectivity index (χ4n) is 2.39. The van der Waals surface area contributed by atoms with Crippen molar-refractivity contribution in [3.05, 3.63) is 58.8 Å². The number of fused-ring (bicyclic) bond motifs is 5. The summed E-state index contributed by atoms with van der Waals surface area (Å²) in [5.41, 5.74) is 2.23. The Hall–Kier alpha value is -3.02. The Labute approximate surface area is 112 Å². The van der Waals surface area contributed by atoms with Gasteiger partial charge in [0.25, 0.3) is 5.69 Å². The van der Waals surface area contributed by atoms with Crippen LogP contribution in [0.3, 0.4) is 0 Å². The van der Waals surface area contributed by atoms with Gasteiger partial charge >= 0.3 is 0 Å². The normalized spacial score (nSPS) is 11.4. The van der Waals surface area contributed by atoms with Crippen molar-refractivity contribution in [2.45, 2.75) is 0 Å². The number of rotatable bonds is 1. The quantitative estimate of drug-likeness (QED) is 0.391. The largest absolute Gasteiger partial charge is 0.271 e. The van der Waals surface area contributed by atoms with Gasteiger partial charge in [-0.15, -0.1) is 0 Å². The summed E-state index contributed by atoms with van der Waals surface area (Å²) in [6.45, 7) is 0. The summed E-state index contributed by atoms with van der Waals surface area (Å²) >= 11 is 0. The molecule has 0 atom stereocenters. The molecule has 0 N–H and O–H groups in total. The van der Waals surface area contributed by atoms with Crippen molar-refractivity contribution in [2.24, 2.45) is 0 Å². The molecule has 0 amide bonds.